The topological polar surface area (TPSA) is 89.6 Å². The fraction of sp³-hybridized carbons (Fsp3) is 0.550. The van der Waals surface area contributed by atoms with Crippen molar-refractivity contribution in [3.63, 3.8) is 0 Å². The number of fused-ring (bicyclic) bond motifs is 2. The van der Waals surface area contributed by atoms with E-state index in [0.717, 1.165) is 19.3 Å². The summed E-state index contributed by atoms with van der Waals surface area (Å²) >= 11 is 0. The van der Waals surface area contributed by atoms with Crippen LogP contribution in [0.1, 0.15) is 19.3 Å². The fourth-order valence-electron chi connectivity index (χ4n) is 4.57. The van der Waals surface area contributed by atoms with Gasteiger partial charge in [0.05, 0.1) is 30.5 Å². The summed E-state index contributed by atoms with van der Waals surface area (Å²) in [4.78, 5) is 17.4. The largest absolute Gasteiger partial charge is 0.431 e. The average Bonchev–Trinajstić information content (AvgIpc) is 3.51. The van der Waals surface area contributed by atoms with Crippen LogP contribution in [0, 0.1) is 0 Å². The second-order valence-corrected chi connectivity index (χ2v) is 8.04. The van der Waals surface area contributed by atoms with Crippen LogP contribution in [-0.2, 0) is 4.74 Å². The van der Waals surface area contributed by atoms with Gasteiger partial charge in [-0.25, -0.2) is 14.4 Å². The molecule has 3 aliphatic heterocycles. The van der Waals surface area contributed by atoms with E-state index in [1.165, 1.54) is 12.3 Å². The highest BCUT2D eigenvalue weighted by Gasteiger charge is 2.40. The highest BCUT2D eigenvalue weighted by Crippen LogP contribution is 2.36. The van der Waals surface area contributed by atoms with Crippen molar-refractivity contribution in [3.05, 3.63) is 18.3 Å². The van der Waals surface area contributed by atoms with E-state index in [1.54, 1.807) is 6.07 Å². The Bertz CT molecular complexity index is 940. The van der Waals surface area contributed by atoms with E-state index < -0.39 is 13.3 Å². The number of halogens is 3. The van der Waals surface area contributed by atoms with E-state index in [0.29, 0.717) is 42.7 Å². The molecule has 166 valence electrons. The van der Waals surface area contributed by atoms with Crippen molar-refractivity contribution in [2.45, 2.75) is 44.1 Å². The second kappa shape index (κ2) is 8.03. The molecule has 0 amide bonds. The lowest BCUT2D eigenvalue weighted by Gasteiger charge is -2.30. The van der Waals surface area contributed by atoms with Gasteiger partial charge in [-0.3, -0.25) is 0 Å². The van der Waals surface area contributed by atoms with Crippen LogP contribution >= 0.6 is 0 Å². The van der Waals surface area contributed by atoms with Crippen LogP contribution < -0.4 is 20.3 Å². The molecule has 2 aromatic heterocycles. The molecule has 31 heavy (non-hydrogen) atoms. The first-order valence-electron chi connectivity index (χ1n) is 10.3. The van der Waals surface area contributed by atoms with Gasteiger partial charge in [0.1, 0.15) is 12.5 Å². The van der Waals surface area contributed by atoms with Crippen molar-refractivity contribution < 1.29 is 22.6 Å². The Labute approximate surface area is 177 Å². The average molecular weight is 436 g/mol. The SMILES string of the molecule is Nc1ncc(-c2cc(N3C[C@@H]4C[C@H]3CO4)nc(N3CCC[C@H]3CF)n2)cc1OC(F)F. The molecule has 2 aromatic rings. The van der Waals surface area contributed by atoms with Gasteiger partial charge < -0.3 is 25.0 Å². The Kier molecular flexibility index (Phi) is 5.20. The molecule has 5 rings (SSSR count). The van der Waals surface area contributed by atoms with Crippen molar-refractivity contribution in [1.82, 2.24) is 15.0 Å². The van der Waals surface area contributed by atoms with Gasteiger partial charge in [-0.15, -0.1) is 0 Å². The minimum atomic E-state index is -3.02. The first kappa shape index (κ1) is 20.1. The van der Waals surface area contributed by atoms with Gasteiger partial charge in [-0.05, 0) is 25.3 Å². The Morgan fingerprint density at radius 1 is 1.26 bits per heavy atom. The van der Waals surface area contributed by atoms with Crippen molar-refractivity contribution in [2.75, 3.05) is 41.9 Å². The molecule has 2 N–H and O–H groups in total. The molecule has 0 saturated carbocycles. The van der Waals surface area contributed by atoms with Crippen LogP contribution in [0.2, 0.25) is 0 Å². The van der Waals surface area contributed by atoms with E-state index in [2.05, 4.69) is 19.6 Å². The van der Waals surface area contributed by atoms with Gasteiger partial charge in [-0.1, -0.05) is 0 Å². The molecule has 8 nitrogen and oxygen atoms in total. The predicted molar refractivity (Wildman–Crippen MR) is 108 cm³/mol. The number of morpholine rings is 1. The van der Waals surface area contributed by atoms with Crippen molar-refractivity contribution in [2.24, 2.45) is 0 Å². The monoisotopic (exact) mass is 436 g/mol. The van der Waals surface area contributed by atoms with E-state index in [4.69, 9.17) is 15.5 Å². The summed E-state index contributed by atoms with van der Waals surface area (Å²) in [7, 11) is 0. The minimum absolute atomic E-state index is 0.135. The molecule has 0 spiro atoms. The second-order valence-electron chi connectivity index (χ2n) is 8.04. The molecular formula is C20H23F3N6O2. The third-order valence-electron chi connectivity index (χ3n) is 6.10. The van der Waals surface area contributed by atoms with Gasteiger partial charge in [0.25, 0.3) is 0 Å². The molecule has 2 bridgehead atoms. The Balaban J connectivity index is 1.56. The summed E-state index contributed by atoms with van der Waals surface area (Å²) < 4.78 is 49.2. The van der Waals surface area contributed by atoms with Gasteiger partial charge in [0.2, 0.25) is 5.95 Å². The quantitative estimate of drug-likeness (QED) is 0.739. The lowest BCUT2D eigenvalue weighted by molar-refractivity contribution is -0.0494. The number of hydrogen-bond donors (Lipinski definition) is 1. The van der Waals surface area contributed by atoms with Crippen molar-refractivity contribution >= 4 is 17.6 Å². The van der Waals surface area contributed by atoms with Gasteiger partial charge in [0.15, 0.2) is 11.6 Å². The molecule has 0 radical (unpaired) electrons. The lowest BCUT2D eigenvalue weighted by atomic mass is 10.2. The van der Waals surface area contributed by atoms with Crippen LogP contribution in [0.25, 0.3) is 11.3 Å². The van der Waals surface area contributed by atoms with E-state index in [9.17, 15) is 13.2 Å². The first-order chi connectivity index (χ1) is 15.0. The van der Waals surface area contributed by atoms with Crippen LogP contribution in [-0.4, -0.2) is 66.1 Å². The summed E-state index contributed by atoms with van der Waals surface area (Å²) in [5.41, 5.74) is 6.63. The van der Waals surface area contributed by atoms with E-state index in [1.807, 2.05) is 4.90 Å². The van der Waals surface area contributed by atoms with E-state index >= 15 is 0 Å². The first-order valence-corrected chi connectivity index (χ1v) is 10.3. The summed E-state index contributed by atoms with van der Waals surface area (Å²) in [6, 6.07) is 3.13. The van der Waals surface area contributed by atoms with Crippen molar-refractivity contribution in [1.29, 1.82) is 0 Å². The molecule has 0 aliphatic carbocycles. The van der Waals surface area contributed by atoms with E-state index in [-0.39, 0.29) is 29.8 Å². The van der Waals surface area contributed by atoms with Gasteiger partial charge in [-0.2, -0.15) is 13.8 Å². The summed E-state index contributed by atoms with van der Waals surface area (Å²) in [6.07, 6.45) is 4.15. The van der Waals surface area contributed by atoms with Crippen molar-refractivity contribution in [3.8, 4) is 17.0 Å². The minimum Gasteiger partial charge on any atom is -0.431 e. The maximum absolute atomic E-state index is 13.6. The molecule has 3 atom stereocenters. The third kappa shape index (κ3) is 3.82. The van der Waals surface area contributed by atoms with Crippen LogP contribution in [0.4, 0.5) is 30.8 Å². The normalized spacial score (nSPS) is 25.1. The standard InChI is InChI=1S/C20H23F3N6O2/c21-7-12-2-1-3-28(12)20-26-15(11-4-16(31-19(22)23)18(24)25-8-11)6-17(27-20)29-9-14-5-13(29)10-30-14/h4,6,8,12-14,19H,1-3,5,7,9-10H2,(H2,24,25)/t12-,13-,14-/m0/s1. The maximum atomic E-state index is 13.6. The number of nitrogens with zero attached hydrogens (tertiary/aromatic N) is 5. The molecule has 5 heterocycles. The zero-order valence-electron chi connectivity index (χ0n) is 16.8. The highest BCUT2D eigenvalue weighted by molar-refractivity contribution is 5.68. The lowest BCUT2D eigenvalue weighted by Crippen LogP contribution is -2.38. The summed E-state index contributed by atoms with van der Waals surface area (Å²) in [5.74, 6) is 0.771. The zero-order valence-corrected chi connectivity index (χ0v) is 16.8. The van der Waals surface area contributed by atoms with Crippen LogP contribution in [0.5, 0.6) is 5.75 Å². The molecule has 0 aromatic carbocycles. The fourth-order valence-corrected chi connectivity index (χ4v) is 4.57. The number of ether oxygens (including phenoxy) is 2. The molecular weight excluding hydrogens is 413 g/mol. The third-order valence-corrected chi connectivity index (χ3v) is 6.10. The predicted octanol–water partition coefficient (Wildman–Crippen LogP) is 2.64. The number of pyridine rings is 1. The van der Waals surface area contributed by atoms with Crippen LogP contribution in [0.3, 0.4) is 0 Å². The zero-order chi connectivity index (χ0) is 21.5. The smallest absolute Gasteiger partial charge is 0.387 e. The molecule has 0 unspecified atom stereocenters. The molecule has 3 saturated heterocycles. The number of anilines is 3. The Hall–Kier alpha value is -2.82. The number of alkyl halides is 3. The van der Waals surface area contributed by atoms with Crippen LogP contribution in [0.15, 0.2) is 18.3 Å². The maximum Gasteiger partial charge on any atom is 0.387 e. The molecule has 11 heteroatoms. The number of aromatic nitrogens is 3. The highest BCUT2D eigenvalue weighted by atomic mass is 19.3. The van der Waals surface area contributed by atoms with Gasteiger partial charge >= 0.3 is 6.61 Å². The Morgan fingerprint density at radius 3 is 2.84 bits per heavy atom. The number of nitrogens with two attached hydrogens (primary N) is 1. The number of hydrogen-bond acceptors (Lipinski definition) is 8. The summed E-state index contributed by atoms with van der Waals surface area (Å²) in [6.45, 7) is -1.50. The number of rotatable bonds is 6. The summed E-state index contributed by atoms with van der Waals surface area (Å²) in [5, 5.41) is 0. The molecule has 3 fully saturated rings. The van der Waals surface area contributed by atoms with Gasteiger partial charge in [0, 0.05) is 30.9 Å². The number of nitrogen functional groups attached to an aromatic ring is 1. The molecule has 3 aliphatic rings. The Morgan fingerprint density at radius 2 is 2.13 bits per heavy atom.